The van der Waals surface area contributed by atoms with Crippen LogP contribution in [0.3, 0.4) is 0 Å². The molecule has 2 aliphatic rings. The first-order valence-electron chi connectivity index (χ1n) is 18.8. The normalized spacial score (nSPS) is 26.0. The molecule has 0 spiro atoms. The van der Waals surface area contributed by atoms with Crippen molar-refractivity contribution in [2.75, 3.05) is 40.0 Å². The fraction of sp³-hybridized carbons (Fsp3) is 0.667. The van der Waals surface area contributed by atoms with Crippen molar-refractivity contribution in [3.05, 3.63) is 35.9 Å². The minimum atomic E-state index is -4.51. The summed E-state index contributed by atoms with van der Waals surface area (Å²) in [6.45, 7) is 4.39. The summed E-state index contributed by atoms with van der Waals surface area (Å²) >= 11 is 0. The zero-order chi connectivity index (χ0) is 43.5. The van der Waals surface area contributed by atoms with E-state index in [-0.39, 0.29) is 45.9 Å². The Morgan fingerprint density at radius 3 is 2.05 bits per heavy atom. The van der Waals surface area contributed by atoms with Crippen LogP contribution in [-0.2, 0) is 77.3 Å². The summed E-state index contributed by atoms with van der Waals surface area (Å²) in [5.41, 5.74) is 0.744. The molecule has 2 unspecified atom stereocenters. The summed E-state index contributed by atoms with van der Waals surface area (Å²) in [5.74, 6) is -3.25. The molecule has 0 aromatic heterocycles. The zero-order valence-electron chi connectivity index (χ0n) is 33.6. The van der Waals surface area contributed by atoms with Crippen LogP contribution >= 0.6 is 7.82 Å². The lowest BCUT2D eigenvalue weighted by Crippen LogP contribution is -2.66. The molecule has 2 heterocycles. The first-order valence-corrected chi connectivity index (χ1v) is 20.3. The lowest BCUT2D eigenvalue weighted by atomic mass is 9.82. The van der Waals surface area contributed by atoms with Gasteiger partial charge in [0.25, 0.3) is 0 Å². The highest BCUT2D eigenvalue weighted by Gasteiger charge is 2.51. The summed E-state index contributed by atoms with van der Waals surface area (Å²) in [6, 6.07) is 6.39. The van der Waals surface area contributed by atoms with Gasteiger partial charge in [0.15, 0.2) is 18.5 Å². The average molecular weight is 858 g/mol. The zero-order valence-corrected chi connectivity index (χ0v) is 34.5. The fourth-order valence-electron chi connectivity index (χ4n) is 6.22. The molecular formula is C36H53BN3O18P. The van der Waals surface area contributed by atoms with Crippen LogP contribution in [0.25, 0.3) is 0 Å². The summed E-state index contributed by atoms with van der Waals surface area (Å²) in [7, 11) is 2.67. The van der Waals surface area contributed by atoms with E-state index in [9.17, 15) is 38.2 Å². The maximum Gasteiger partial charge on any atom is 0.508 e. The summed E-state index contributed by atoms with van der Waals surface area (Å²) in [5, 5.41) is 8.05. The van der Waals surface area contributed by atoms with Crippen LogP contribution in [0.5, 0.6) is 0 Å². The van der Waals surface area contributed by atoms with Crippen LogP contribution in [0.4, 0.5) is 9.59 Å². The Bertz CT molecular complexity index is 1590. The second-order valence-corrected chi connectivity index (χ2v) is 15.0. The highest BCUT2D eigenvalue weighted by Crippen LogP contribution is 2.48. The number of nitrogens with one attached hydrogen (secondary N) is 3. The van der Waals surface area contributed by atoms with Crippen molar-refractivity contribution in [3.8, 4) is 0 Å². The third-order valence-corrected chi connectivity index (χ3v) is 9.77. The van der Waals surface area contributed by atoms with E-state index < -0.39 is 98.6 Å². The molecule has 2 fully saturated rings. The molecule has 2 saturated heterocycles. The van der Waals surface area contributed by atoms with Crippen LogP contribution in [0.1, 0.15) is 58.9 Å². The minimum absolute atomic E-state index is 0.0289. The number of phosphoric ester groups is 1. The predicted octanol–water partition coefficient (Wildman–Crippen LogP) is 1.51. The molecule has 59 heavy (non-hydrogen) atoms. The highest BCUT2D eigenvalue weighted by atomic mass is 31.2. The monoisotopic (exact) mass is 857 g/mol. The van der Waals surface area contributed by atoms with Crippen molar-refractivity contribution >= 4 is 51.7 Å². The number of rotatable bonds is 22. The van der Waals surface area contributed by atoms with Crippen LogP contribution in [0.15, 0.2) is 30.3 Å². The maximum atomic E-state index is 12.5. The third-order valence-electron chi connectivity index (χ3n) is 8.80. The third kappa shape index (κ3) is 17.4. The Balaban J connectivity index is 1.45. The molecular weight excluding hydrogens is 804 g/mol. The van der Waals surface area contributed by atoms with Gasteiger partial charge in [0.2, 0.25) is 5.91 Å². The Kier molecular flexibility index (Phi) is 20.5. The van der Waals surface area contributed by atoms with Gasteiger partial charge in [0, 0.05) is 66.4 Å². The van der Waals surface area contributed by atoms with E-state index in [1.807, 2.05) is 6.07 Å². The van der Waals surface area contributed by atoms with Crippen molar-refractivity contribution in [3.63, 3.8) is 0 Å². The van der Waals surface area contributed by atoms with Crippen LogP contribution < -0.4 is 16.0 Å². The van der Waals surface area contributed by atoms with Gasteiger partial charge in [-0.3, -0.25) is 28.2 Å². The fourth-order valence-corrected chi connectivity index (χ4v) is 6.91. The predicted molar refractivity (Wildman–Crippen MR) is 202 cm³/mol. The van der Waals surface area contributed by atoms with Gasteiger partial charge in [-0.1, -0.05) is 30.3 Å². The molecule has 3 rings (SSSR count). The van der Waals surface area contributed by atoms with Gasteiger partial charge < -0.3 is 58.7 Å². The van der Waals surface area contributed by atoms with E-state index in [4.69, 9.17) is 50.3 Å². The number of carbonyl (C=O) groups excluding carboxylic acids is 6. The van der Waals surface area contributed by atoms with E-state index in [0.29, 0.717) is 19.3 Å². The first kappa shape index (κ1) is 49.1. The van der Waals surface area contributed by atoms with E-state index in [0.717, 1.165) is 26.5 Å². The highest BCUT2D eigenvalue weighted by molar-refractivity contribution is 7.47. The number of amides is 3. The minimum Gasteiger partial charge on any atom is -0.463 e. The van der Waals surface area contributed by atoms with E-state index in [1.54, 1.807) is 24.3 Å². The molecule has 2 radical (unpaired) electrons. The van der Waals surface area contributed by atoms with E-state index in [2.05, 4.69) is 20.5 Å². The van der Waals surface area contributed by atoms with Gasteiger partial charge in [-0.15, -0.1) is 0 Å². The lowest BCUT2D eigenvalue weighted by molar-refractivity contribution is -0.277. The number of ether oxygens (including phenoxy) is 8. The van der Waals surface area contributed by atoms with Gasteiger partial charge in [0.05, 0.1) is 0 Å². The van der Waals surface area contributed by atoms with Crippen molar-refractivity contribution in [2.24, 2.45) is 5.92 Å². The number of urea groups is 1. The number of benzene rings is 1. The summed E-state index contributed by atoms with van der Waals surface area (Å²) in [6.07, 6.45) is -6.43. The van der Waals surface area contributed by atoms with Crippen molar-refractivity contribution in [1.29, 1.82) is 0 Å². The molecule has 1 aromatic carbocycles. The summed E-state index contributed by atoms with van der Waals surface area (Å²) in [4.78, 5) is 82.4. The number of esters is 3. The molecule has 3 amide bonds. The molecule has 10 atom stereocenters. The molecule has 328 valence electrons. The van der Waals surface area contributed by atoms with Gasteiger partial charge in [-0.2, -0.15) is 0 Å². The SMILES string of the molecule is [B][C@@H]1O[C@H](COC(=O)OCc2ccccc2)C(OP(=O)(O)OC)[C@@H]1CCCNC(=O)NCCCCO[C@@H]1O[C@H](COC(C)=O)[C@H](OC(C)=O)[C@H](OC(C)=O)[C@H]1NC(C)=O. The molecule has 23 heteroatoms. The molecule has 2 aliphatic heterocycles. The van der Waals surface area contributed by atoms with Crippen molar-refractivity contribution < 1.29 is 85.2 Å². The van der Waals surface area contributed by atoms with Gasteiger partial charge >= 0.3 is 37.9 Å². The van der Waals surface area contributed by atoms with E-state index >= 15 is 0 Å². The number of hydrogen-bond acceptors (Lipinski definition) is 17. The number of phosphoric acid groups is 1. The van der Waals surface area contributed by atoms with Gasteiger partial charge in [0.1, 0.15) is 52.0 Å². The smallest absolute Gasteiger partial charge is 0.463 e. The van der Waals surface area contributed by atoms with Crippen LogP contribution in [0.2, 0.25) is 0 Å². The van der Waals surface area contributed by atoms with Crippen LogP contribution in [0, 0.1) is 5.92 Å². The topological polar surface area (TPSA) is 268 Å². The Hall–Kier alpha value is -4.31. The summed E-state index contributed by atoms with van der Waals surface area (Å²) < 4.78 is 66.1. The molecule has 0 aliphatic carbocycles. The second kappa shape index (κ2) is 24.7. The second-order valence-electron chi connectivity index (χ2n) is 13.5. The quantitative estimate of drug-likeness (QED) is 0.0423. The van der Waals surface area contributed by atoms with E-state index in [1.165, 1.54) is 13.8 Å². The molecule has 1 aromatic rings. The van der Waals surface area contributed by atoms with Crippen LogP contribution in [-0.4, -0.2) is 138 Å². The Labute approximate surface area is 343 Å². The number of carbonyl (C=O) groups is 6. The molecule has 0 saturated carbocycles. The van der Waals surface area contributed by atoms with Gasteiger partial charge in [-0.05, 0) is 31.2 Å². The lowest BCUT2D eigenvalue weighted by Gasteiger charge is -2.44. The maximum absolute atomic E-state index is 12.5. The largest absolute Gasteiger partial charge is 0.508 e. The Morgan fingerprint density at radius 2 is 1.42 bits per heavy atom. The molecule has 21 nitrogen and oxygen atoms in total. The molecule has 4 N–H and O–H groups in total. The van der Waals surface area contributed by atoms with Crippen molar-refractivity contribution in [1.82, 2.24) is 16.0 Å². The first-order chi connectivity index (χ1) is 28.0. The standard InChI is InChI=1S/C36H53BN3O18P/c1-21(41)40-29-32(55-24(4)44)31(54-23(3)43)28(19-51-22(2)42)57-34(29)50-17-10-9-15-38-35(45)39-16-11-14-26-30(58-59(47,48)49-5)27(56-33(26)37)20-53-36(46)52-18-25-12-7-6-8-13-25/h6-8,12-13,26-34H,9-11,14-20H2,1-5H3,(H,40,41)(H,47,48)(H2,38,39,45)/t26-,27+,28+,29+,30?,31-,32+,33+,34+/m0/s1. The van der Waals surface area contributed by atoms with Crippen molar-refractivity contribution in [2.45, 2.75) is 109 Å². The average Bonchev–Trinajstić information content (AvgIpc) is 3.46. The van der Waals surface area contributed by atoms with Gasteiger partial charge in [-0.25, -0.2) is 14.2 Å². The number of unbranched alkanes of at least 4 members (excludes halogenated alkanes) is 1. The number of hydrogen-bond donors (Lipinski definition) is 4. The Morgan fingerprint density at radius 1 is 0.797 bits per heavy atom. The molecule has 0 bridgehead atoms.